The lowest BCUT2D eigenvalue weighted by molar-refractivity contribution is 0.0852. The van der Waals surface area contributed by atoms with Gasteiger partial charge in [-0.15, -0.1) is 12.6 Å². The largest absolute Gasteiger partial charge is 0.294 e. The average molecular weight is 289 g/mol. The Morgan fingerprint density at radius 1 is 1.47 bits per heavy atom. The molecular weight excluding hydrogens is 279 g/mol. The Balaban J connectivity index is 2.34. The van der Waals surface area contributed by atoms with Crippen molar-refractivity contribution in [3.05, 3.63) is 28.0 Å². The number of carbonyl (C=O) groups excluding carboxylic acids is 1. The lowest BCUT2D eigenvalue weighted by Gasteiger charge is -2.24. The van der Waals surface area contributed by atoms with Gasteiger partial charge < -0.3 is 0 Å². The molecule has 0 bridgehead atoms. The molecular formula is C11H10BrFOS. The molecule has 15 heavy (non-hydrogen) atoms. The molecule has 0 atom stereocenters. The molecule has 1 aromatic rings. The molecule has 0 aliphatic heterocycles. The van der Waals surface area contributed by atoms with Crippen LogP contribution in [0.15, 0.2) is 21.5 Å². The molecule has 2 rings (SSSR count). The number of hydrogen-bond donors (Lipinski definition) is 1. The highest BCUT2D eigenvalue weighted by Crippen LogP contribution is 2.33. The molecule has 0 radical (unpaired) electrons. The first-order chi connectivity index (χ1) is 7.09. The molecule has 1 saturated carbocycles. The van der Waals surface area contributed by atoms with Crippen LogP contribution in [0.1, 0.15) is 29.6 Å². The lowest BCUT2D eigenvalue weighted by Crippen LogP contribution is -2.22. The van der Waals surface area contributed by atoms with Crippen LogP contribution in [0.5, 0.6) is 0 Å². The molecule has 0 amide bonds. The second-order valence-corrected chi connectivity index (χ2v) is 5.11. The van der Waals surface area contributed by atoms with E-state index in [-0.39, 0.29) is 17.5 Å². The topological polar surface area (TPSA) is 17.1 Å². The molecule has 4 heteroatoms. The van der Waals surface area contributed by atoms with E-state index in [9.17, 15) is 9.18 Å². The van der Waals surface area contributed by atoms with E-state index in [2.05, 4.69) is 28.6 Å². The third-order valence-electron chi connectivity index (χ3n) is 2.78. The average Bonchev–Trinajstić information content (AvgIpc) is 2.08. The normalized spacial score (nSPS) is 16.2. The van der Waals surface area contributed by atoms with Gasteiger partial charge in [0.2, 0.25) is 0 Å². The maximum Gasteiger partial charge on any atom is 0.167 e. The summed E-state index contributed by atoms with van der Waals surface area (Å²) in [5, 5.41) is 0. The van der Waals surface area contributed by atoms with E-state index in [4.69, 9.17) is 0 Å². The highest BCUT2D eigenvalue weighted by atomic mass is 79.9. The maximum atomic E-state index is 13.1. The molecule has 0 aromatic heterocycles. The smallest absolute Gasteiger partial charge is 0.167 e. The Bertz CT molecular complexity index is 415. The second kappa shape index (κ2) is 4.26. The van der Waals surface area contributed by atoms with Gasteiger partial charge in [-0.2, -0.15) is 0 Å². The molecule has 0 heterocycles. The van der Waals surface area contributed by atoms with Gasteiger partial charge in [0.05, 0.1) is 4.47 Å². The summed E-state index contributed by atoms with van der Waals surface area (Å²) in [4.78, 5) is 12.3. The molecule has 0 saturated heterocycles. The fraction of sp³-hybridized carbons (Fsp3) is 0.364. The van der Waals surface area contributed by atoms with Gasteiger partial charge in [0, 0.05) is 16.4 Å². The molecule has 1 aliphatic carbocycles. The van der Waals surface area contributed by atoms with E-state index < -0.39 is 0 Å². The fourth-order valence-electron chi connectivity index (χ4n) is 1.62. The highest BCUT2D eigenvalue weighted by Gasteiger charge is 2.27. The number of rotatable bonds is 2. The molecule has 0 N–H and O–H groups in total. The van der Waals surface area contributed by atoms with Crippen molar-refractivity contribution in [2.45, 2.75) is 24.2 Å². The predicted octanol–water partition coefficient (Wildman–Crippen LogP) is 3.86. The van der Waals surface area contributed by atoms with Gasteiger partial charge in [-0.05, 0) is 40.9 Å². The molecule has 80 valence electrons. The zero-order valence-corrected chi connectivity index (χ0v) is 10.4. The van der Waals surface area contributed by atoms with E-state index in [1.165, 1.54) is 12.1 Å². The van der Waals surface area contributed by atoms with Crippen LogP contribution in [0.25, 0.3) is 0 Å². The van der Waals surface area contributed by atoms with Crippen LogP contribution >= 0.6 is 28.6 Å². The summed E-state index contributed by atoms with van der Waals surface area (Å²) in [5.74, 6) is -0.176. The van der Waals surface area contributed by atoms with Crippen molar-refractivity contribution >= 4 is 34.3 Å². The summed E-state index contributed by atoms with van der Waals surface area (Å²) in [6, 6.07) is 2.80. The van der Waals surface area contributed by atoms with Crippen molar-refractivity contribution in [1.82, 2.24) is 0 Å². The first-order valence-corrected chi connectivity index (χ1v) is 6.06. The zero-order chi connectivity index (χ0) is 11.0. The summed E-state index contributed by atoms with van der Waals surface area (Å²) in [7, 11) is 0. The second-order valence-electron chi connectivity index (χ2n) is 3.78. The van der Waals surface area contributed by atoms with E-state index in [1.54, 1.807) is 0 Å². The van der Waals surface area contributed by atoms with Crippen molar-refractivity contribution < 1.29 is 9.18 Å². The van der Waals surface area contributed by atoms with Crippen LogP contribution in [0.4, 0.5) is 4.39 Å². The van der Waals surface area contributed by atoms with Crippen molar-refractivity contribution in [1.29, 1.82) is 0 Å². The number of carbonyl (C=O) groups is 1. The third kappa shape index (κ3) is 2.11. The fourth-order valence-corrected chi connectivity index (χ4v) is 2.26. The summed E-state index contributed by atoms with van der Waals surface area (Å²) >= 11 is 7.21. The van der Waals surface area contributed by atoms with Gasteiger partial charge in [-0.1, -0.05) is 6.42 Å². The maximum absolute atomic E-state index is 13.1. The van der Waals surface area contributed by atoms with Crippen LogP contribution in [0, 0.1) is 11.7 Å². The van der Waals surface area contributed by atoms with Crippen LogP contribution in [-0.4, -0.2) is 5.78 Å². The van der Waals surface area contributed by atoms with Crippen molar-refractivity contribution in [2.24, 2.45) is 5.92 Å². The van der Waals surface area contributed by atoms with Gasteiger partial charge in [0.1, 0.15) is 5.82 Å². The van der Waals surface area contributed by atoms with Crippen LogP contribution in [0.3, 0.4) is 0 Å². The molecule has 1 aliphatic rings. The third-order valence-corrected chi connectivity index (χ3v) is 3.76. The van der Waals surface area contributed by atoms with Gasteiger partial charge in [-0.25, -0.2) is 4.39 Å². The first-order valence-electron chi connectivity index (χ1n) is 4.82. The van der Waals surface area contributed by atoms with Crippen LogP contribution in [0.2, 0.25) is 0 Å². The summed E-state index contributed by atoms with van der Waals surface area (Å²) in [6.07, 6.45) is 3.00. The van der Waals surface area contributed by atoms with Crippen molar-refractivity contribution in [2.75, 3.05) is 0 Å². The highest BCUT2D eigenvalue weighted by molar-refractivity contribution is 9.10. The van der Waals surface area contributed by atoms with Gasteiger partial charge in [-0.3, -0.25) is 4.79 Å². The quantitative estimate of drug-likeness (QED) is 0.646. The summed E-state index contributed by atoms with van der Waals surface area (Å²) in [5.41, 5.74) is 0.524. The molecule has 0 spiro atoms. The van der Waals surface area contributed by atoms with Gasteiger partial charge in [0.25, 0.3) is 0 Å². The molecule has 1 nitrogen and oxygen atoms in total. The zero-order valence-electron chi connectivity index (χ0n) is 7.96. The number of ketones is 1. The Hall–Kier alpha value is -0.350. The van der Waals surface area contributed by atoms with Gasteiger partial charge >= 0.3 is 0 Å². The Morgan fingerprint density at radius 3 is 2.67 bits per heavy atom. The van der Waals surface area contributed by atoms with E-state index >= 15 is 0 Å². The predicted molar refractivity (Wildman–Crippen MR) is 63.0 cm³/mol. The first kappa shape index (κ1) is 11.1. The van der Waals surface area contributed by atoms with E-state index in [1.807, 2.05) is 0 Å². The molecule has 0 unspecified atom stereocenters. The van der Waals surface area contributed by atoms with Crippen molar-refractivity contribution in [3.63, 3.8) is 0 Å². The van der Waals surface area contributed by atoms with E-state index in [0.29, 0.717) is 14.9 Å². The van der Waals surface area contributed by atoms with Crippen LogP contribution in [-0.2, 0) is 0 Å². The van der Waals surface area contributed by atoms with Gasteiger partial charge in [0.15, 0.2) is 5.78 Å². The van der Waals surface area contributed by atoms with E-state index in [0.717, 1.165) is 19.3 Å². The number of hydrogen-bond acceptors (Lipinski definition) is 2. The van der Waals surface area contributed by atoms with Crippen LogP contribution < -0.4 is 0 Å². The van der Waals surface area contributed by atoms with Crippen molar-refractivity contribution in [3.8, 4) is 0 Å². The Kier molecular flexibility index (Phi) is 3.16. The molecule has 1 fully saturated rings. The molecule has 1 aromatic carbocycles. The number of thiol groups is 1. The minimum Gasteiger partial charge on any atom is -0.294 e. The Labute approximate surface area is 102 Å². The minimum atomic E-state index is -0.384. The number of benzene rings is 1. The monoisotopic (exact) mass is 288 g/mol. The Morgan fingerprint density at radius 2 is 2.13 bits per heavy atom. The summed E-state index contributed by atoms with van der Waals surface area (Å²) < 4.78 is 13.4. The SMILES string of the molecule is O=C(c1cc(Br)c(F)cc1S)C1CCC1. The summed E-state index contributed by atoms with van der Waals surface area (Å²) in [6.45, 7) is 0. The lowest BCUT2D eigenvalue weighted by atomic mass is 9.80. The minimum absolute atomic E-state index is 0.0898. The standard InChI is InChI=1S/C11H10BrFOS/c12-8-4-7(10(15)5-9(8)13)11(14)6-2-1-3-6/h4-6,15H,1-3H2. The number of Topliss-reactive ketones (excluding diaryl/α,β-unsaturated/α-hetero) is 1. The number of halogens is 2.